The second-order valence-electron chi connectivity index (χ2n) is 7.87. The average Bonchev–Trinajstić information content (AvgIpc) is 2.78. The van der Waals surface area contributed by atoms with Gasteiger partial charge in [0, 0.05) is 32.2 Å². The molecule has 1 aliphatic rings. The van der Waals surface area contributed by atoms with Gasteiger partial charge < -0.3 is 19.6 Å². The van der Waals surface area contributed by atoms with Gasteiger partial charge in [0.05, 0.1) is 12.6 Å². The Bertz CT molecular complexity index is 755. The minimum absolute atomic E-state index is 0.0481. The number of nitrogens with zero attached hydrogens (tertiary/aromatic N) is 2. The van der Waals surface area contributed by atoms with E-state index in [2.05, 4.69) is 35.2 Å². The van der Waals surface area contributed by atoms with Crippen LogP contribution in [-0.4, -0.2) is 66.2 Å². The summed E-state index contributed by atoms with van der Waals surface area (Å²) in [7, 11) is 1.71. The van der Waals surface area contributed by atoms with Gasteiger partial charge in [-0.05, 0) is 56.0 Å². The molecule has 3 rings (SSSR count). The maximum atomic E-state index is 12.4. The fourth-order valence-corrected chi connectivity index (χ4v) is 3.58. The molecule has 5 nitrogen and oxygen atoms in total. The van der Waals surface area contributed by atoms with Crippen molar-refractivity contribution in [3.05, 3.63) is 65.7 Å². The second kappa shape index (κ2) is 10.4. The van der Waals surface area contributed by atoms with E-state index >= 15 is 0 Å². The molecule has 5 heteroatoms. The summed E-state index contributed by atoms with van der Waals surface area (Å²) in [6.45, 7) is 4.97. The number of benzene rings is 2. The van der Waals surface area contributed by atoms with Crippen LogP contribution in [-0.2, 0) is 6.42 Å². The molecule has 0 saturated carbocycles. The molecular weight excluding hydrogens is 364 g/mol. The summed E-state index contributed by atoms with van der Waals surface area (Å²) in [5.41, 5.74) is 2.00. The van der Waals surface area contributed by atoms with Gasteiger partial charge >= 0.3 is 0 Å². The molecule has 2 aromatic carbocycles. The highest BCUT2D eigenvalue weighted by Gasteiger charge is 2.21. The van der Waals surface area contributed by atoms with Gasteiger partial charge in [-0.1, -0.05) is 30.3 Å². The molecule has 2 aromatic rings. The first kappa shape index (κ1) is 21.3. The smallest absolute Gasteiger partial charge is 0.253 e. The van der Waals surface area contributed by atoms with E-state index in [0.717, 1.165) is 44.6 Å². The molecule has 29 heavy (non-hydrogen) atoms. The van der Waals surface area contributed by atoms with E-state index in [9.17, 15) is 9.90 Å². The van der Waals surface area contributed by atoms with Crippen LogP contribution in [0.3, 0.4) is 0 Å². The molecule has 1 heterocycles. The molecule has 1 amide bonds. The Balaban J connectivity index is 1.44. The van der Waals surface area contributed by atoms with Gasteiger partial charge in [-0.25, -0.2) is 0 Å². The molecule has 0 aliphatic carbocycles. The number of aliphatic hydroxyl groups excluding tert-OH is 1. The topological polar surface area (TPSA) is 53.0 Å². The largest absolute Gasteiger partial charge is 0.490 e. The number of carbonyl (C=O) groups excluding carboxylic acids is 1. The van der Waals surface area contributed by atoms with Gasteiger partial charge in [-0.15, -0.1) is 0 Å². The standard InChI is InChI=1S/C24H32N2O3/c1-19(18-27)25(2)24(28)21-8-10-22(11-9-21)29-23-13-16-26(17-14-23)15-12-20-6-4-3-5-7-20/h3-11,19,23,27H,12-18H2,1-2H3/t19-/m1/s1. The van der Waals surface area contributed by atoms with Gasteiger partial charge in [0.15, 0.2) is 0 Å². The summed E-state index contributed by atoms with van der Waals surface area (Å²) < 4.78 is 6.14. The predicted molar refractivity (Wildman–Crippen MR) is 115 cm³/mol. The van der Waals surface area contributed by atoms with E-state index in [1.54, 1.807) is 24.1 Å². The van der Waals surface area contributed by atoms with Gasteiger partial charge in [0.25, 0.3) is 5.91 Å². The molecule has 0 spiro atoms. The van der Waals surface area contributed by atoms with E-state index in [-0.39, 0.29) is 24.7 Å². The minimum atomic E-state index is -0.203. The van der Waals surface area contributed by atoms with Crippen molar-refractivity contribution < 1.29 is 14.6 Å². The van der Waals surface area contributed by atoms with Crippen molar-refractivity contribution in [2.75, 3.05) is 33.3 Å². The third-order valence-corrected chi connectivity index (χ3v) is 5.74. The SMILES string of the molecule is C[C@H](CO)N(C)C(=O)c1ccc(OC2CCN(CCc3ccccc3)CC2)cc1. The number of ether oxygens (including phenoxy) is 1. The molecule has 0 unspecified atom stereocenters. The van der Waals surface area contributed by atoms with Crippen LogP contribution < -0.4 is 4.74 Å². The first-order valence-electron chi connectivity index (χ1n) is 10.5. The van der Waals surface area contributed by atoms with E-state index < -0.39 is 0 Å². The number of carbonyl (C=O) groups is 1. The van der Waals surface area contributed by atoms with Crippen molar-refractivity contribution in [1.82, 2.24) is 9.80 Å². The average molecular weight is 397 g/mol. The van der Waals surface area contributed by atoms with Gasteiger partial charge in [-0.3, -0.25) is 4.79 Å². The number of hydrogen-bond donors (Lipinski definition) is 1. The highest BCUT2D eigenvalue weighted by atomic mass is 16.5. The molecule has 0 aromatic heterocycles. The Morgan fingerprint density at radius 2 is 1.79 bits per heavy atom. The fraction of sp³-hybridized carbons (Fsp3) is 0.458. The van der Waals surface area contributed by atoms with Crippen LogP contribution in [0.2, 0.25) is 0 Å². The maximum Gasteiger partial charge on any atom is 0.253 e. The molecule has 0 bridgehead atoms. The normalized spacial score (nSPS) is 16.4. The van der Waals surface area contributed by atoms with Gasteiger partial charge in [-0.2, -0.15) is 0 Å². The quantitative estimate of drug-likeness (QED) is 0.744. The number of likely N-dealkylation sites (N-methyl/N-ethyl adjacent to an activating group) is 1. The van der Waals surface area contributed by atoms with E-state index in [1.165, 1.54) is 5.56 Å². The fourth-order valence-electron chi connectivity index (χ4n) is 3.58. The zero-order chi connectivity index (χ0) is 20.6. The van der Waals surface area contributed by atoms with E-state index in [4.69, 9.17) is 4.74 Å². The third-order valence-electron chi connectivity index (χ3n) is 5.74. The lowest BCUT2D eigenvalue weighted by Gasteiger charge is -2.32. The van der Waals surface area contributed by atoms with E-state index in [1.807, 2.05) is 19.1 Å². The molecular formula is C24H32N2O3. The zero-order valence-corrected chi connectivity index (χ0v) is 17.5. The molecule has 1 saturated heterocycles. The van der Waals surface area contributed by atoms with Crippen LogP contribution >= 0.6 is 0 Å². The minimum Gasteiger partial charge on any atom is -0.490 e. The summed E-state index contributed by atoms with van der Waals surface area (Å²) in [6.07, 6.45) is 3.35. The first-order valence-corrected chi connectivity index (χ1v) is 10.5. The molecule has 1 aliphatic heterocycles. The van der Waals surface area contributed by atoms with Crippen LogP contribution in [0.25, 0.3) is 0 Å². The summed E-state index contributed by atoms with van der Waals surface area (Å²) in [5.74, 6) is 0.715. The summed E-state index contributed by atoms with van der Waals surface area (Å²) >= 11 is 0. The maximum absolute atomic E-state index is 12.4. The third kappa shape index (κ3) is 6.05. The van der Waals surface area contributed by atoms with Crippen LogP contribution in [0.15, 0.2) is 54.6 Å². The summed E-state index contributed by atoms with van der Waals surface area (Å²) in [5, 5.41) is 9.22. The summed E-state index contributed by atoms with van der Waals surface area (Å²) in [4.78, 5) is 16.5. The van der Waals surface area contributed by atoms with Crippen molar-refractivity contribution in [1.29, 1.82) is 0 Å². The second-order valence-corrected chi connectivity index (χ2v) is 7.87. The number of likely N-dealkylation sites (tertiary alicyclic amines) is 1. The lowest BCUT2D eigenvalue weighted by Crippen LogP contribution is -2.39. The highest BCUT2D eigenvalue weighted by molar-refractivity contribution is 5.94. The number of aliphatic hydroxyl groups is 1. The first-order chi connectivity index (χ1) is 14.1. The molecule has 156 valence electrons. The molecule has 0 radical (unpaired) electrons. The highest BCUT2D eigenvalue weighted by Crippen LogP contribution is 2.20. The van der Waals surface area contributed by atoms with Crippen LogP contribution in [0.1, 0.15) is 35.7 Å². The van der Waals surface area contributed by atoms with Crippen molar-refractivity contribution in [3.8, 4) is 5.75 Å². The van der Waals surface area contributed by atoms with Crippen LogP contribution in [0.4, 0.5) is 0 Å². The Labute approximate surface area is 173 Å². The number of amides is 1. The number of piperidine rings is 1. The van der Waals surface area contributed by atoms with Crippen molar-refractivity contribution in [3.63, 3.8) is 0 Å². The molecule has 1 fully saturated rings. The molecule has 1 atom stereocenters. The Hall–Kier alpha value is -2.37. The summed E-state index contributed by atoms with van der Waals surface area (Å²) in [6, 6.07) is 17.8. The van der Waals surface area contributed by atoms with Crippen molar-refractivity contribution >= 4 is 5.91 Å². The van der Waals surface area contributed by atoms with Gasteiger partial charge in [0.2, 0.25) is 0 Å². The Morgan fingerprint density at radius 1 is 1.14 bits per heavy atom. The van der Waals surface area contributed by atoms with Gasteiger partial charge in [0.1, 0.15) is 11.9 Å². The Morgan fingerprint density at radius 3 is 2.41 bits per heavy atom. The van der Waals surface area contributed by atoms with Crippen LogP contribution in [0.5, 0.6) is 5.75 Å². The van der Waals surface area contributed by atoms with Crippen molar-refractivity contribution in [2.45, 2.75) is 38.3 Å². The van der Waals surface area contributed by atoms with E-state index in [0.29, 0.717) is 5.56 Å². The predicted octanol–water partition coefficient (Wildman–Crippen LogP) is 3.23. The Kier molecular flexibility index (Phi) is 7.67. The molecule has 1 N–H and O–H groups in total. The lowest BCUT2D eigenvalue weighted by atomic mass is 10.1. The van der Waals surface area contributed by atoms with Crippen molar-refractivity contribution in [2.24, 2.45) is 0 Å². The lowest BCUT2D eigenvalue weighted by molar-refractivity contribution is 0.0682. The number of rotatable bonds is 8. The monoisotopic (exact) mass is 396 g/mol. The van der Waals surface area contributed by atoms with Crippen LogP contribution in [0, 0.1) is 0 Å². The number of hydrogen-bond acceptors (Lipinski definition) is 4. The zero-order valence-electron chi connectivity index (χ0n) is 17.5.